The fourth-order valence-electron chi connectivity index (χ4n) is 1.88. The first kappa shape index (κ1) is 15.5. The number of nitrogens with zero attached hydrogens (tertiary/aromatic N) is 1. The van der Waals surface area contributed by atoms with Gasteiger partial charge in [-0.3, -0.25) is 0 Å². The second kappa shape index (κ2) is 7.20. The van der Waals surface area contributed by atoms with E-state index in [2.05, 4.69) is 40.5 Å². The Balaban J connectivity index is 2.18. The van der Waals surface area contributed by atoms with Crippen LogP contribution in [0.25, 0.3) is 10.6 Å². The van der Waals surface area contributed by atoms with E-state index in [4.69, 9.17) is 9.72 Å². The number of halogens is 1. The van der Waals surface area contributed by atoms with Gasteiger partial charge in [0.2, 0.25) is 0 Å². The molecule has 0 aliphatic carbocycles. The molecule has 1 unspecified atom stereocenters. The summed E-state index contributed by atoms with van der Waals surface area (Å²) in [6, 6.07) is 6.34. The molecule has 5 heteroatoms. The summed E-state index contributed by atoms with van der Waals surface area (Å²) in [5, 5.41) is 6.62. The Kier molecular flexibility index (Phi) is 5.57. The van der Waals surface area contributed by atoms with E-state index >= 15 is 0 Å². The number of benzene rings is 1. The van der Waals surface area contributed by atoms with Crippen molar-refractivity contribution in [2.24, 2.45) is 0 Å². The Hall–Kier alpha value is -0.910. The van der Waals surface area contributed by atoms with Gasteiger partial charge in [0, 0.05) is 17.0 Å². The van der Waals surface area contributed by atoms with Crippen molar-refractivity contribution in [2.45, 2.75) is 26.3 Å². The van der Waals surface area contributed by atoms with Crippen molar-refractivity contribution in [2.75, 3.05) is 13.7 Å². The van der Waals surface area contributed by atoms with Crippen LogP contribution >= 0.6 is 27.3 Å². The molecule has 108 valence electrons. The van der Waals surface area contributed by atoms with Crippen molar-refractivity contribution < 1.29 is 4.74 Å². The van der Waals surface area contributed by atoms with E-state index in [0.717, 1.165) is 39.5 Å². The van der Waals surface area contributed by atoms with Crippen molar-refractivity contribution in [3.05, 3.63) is 33.7 Å². The van der Waals surface area contributed by atoms with Gasteiger partial charge in [0.25, 0.3) is 0 Å². The van der Waals surface area contributed by atoms with Gasteiger partial charge in [0.05, 0.1) is 17.3 Å². The lowest BCUT2D eigenvalue weighted by molar-refractivity contribution is 0.412. The van der Waals surface area contributed by atoms with Crippen LogP contribution in [0.2, 0.25) is 0 Å². The van der Waals surface area contributed by atoms with Crippen LogP contribution in [-0.2, 0) is 0 Å². The van der Waals surface area contributed by atoms with Crippen LogP contribution in [0, 0.1) is 0 Å². The zero-order chi connectivity index (χ0) is 14.5. The van der Waals surface area contributed by atoms with Crippen molar-refractivity contribution in [1.29, 1.82) is 0 Å². The van der Waals surface area contributed by atoms with Gasteiger partial charge in [-0.2, -0.15) is 0 Å². The minimum atomic E-state index is 0.293. The molecule has 0 amide bonds. The molecule has 0 aliphatic heterocycles. The molecule has 0 fully saturated rings. The minimum absolute atomic E-state index is 0.293. The topological polar surface area (TPSA) is 34.1 Å². The average molecular weight is 355 g/mol. The monoisotopic (exact) mass is 354 g/mol. The molecule has 1 aromatic carbocycles. The molecule has 0 spiro atoms. The molecule has 1 aromatic heterocycles. The second-order valence-corrected chi connectivity index (χ2v) is 6.32. The highest BCUT2D eigenvalue weighted by atomic mass is 79.9. The predicted octanol–water partition coefficient (Wildman–Crippen LogP) is 4.64. The number of hydrogen-bond donors (Lipinski definition) is 1. The maximum absolute atomic E-state index is 5.25. The molecular weight excluding hydrogens is 336 g/mol. The number of rotatable bonds is 6. The van der Waals surface area contributed by atoms with E-state index in [9.17, 15) is 0 Å². The van der Waals surface area contributed by atoms with Crippen molar-refractivity contribution in [3.63, 3.8) is 0 Å². The first-order chi connectivity index (χ1) is 9.65. The minimum Gasteiger partial charge on any atom is -0.496 e. The fourth-order valence-corrected chi connectivity index (χ4v) is 3.33. The summed E-state index contributed by atoms with van der Waals surface area (Å²) in [7, 11) is 1.67. The maximum atomic E-state index is 5.25. The third-order valence-electron chi connectivity index (χ3n) is 3.06. The molecule has 1 atom stereocenters. The van der Waals surface area contributed by atoms with Gasteiger partial charge in [-0.05, 0) is 54.0 Å². The molecule has 2 aromatic rings. The lowest BCUT2D eigenvalue weighted by atomic mass is 10.2. The van der Waals surface area contributed by atoms with Crippen molar-refractivity contribution in [1.82, 2.24) is 10.3 Å². The van der Waals surface area contributed by atoms with Crippen LogP contribution in [0.4, 0.5) is 0 Å². The molecule has 20 heavy (non-hydrogen) atoms. The number of aromatic nitrogens is 1. The summed E-state index contributed by atoms with van der Waals surface area (Å²) in [5.41, 5.74) is 2.21. The van der Waals surface area contributed by atoms with E-state index in [1.807, 2.05) is 18.2 Å². The van der Waals surface area contributed by atoms with Crippen LogP contribution in [0.5, 0.6) is 5.75 Å². The largest absolute Gasteiger partial charge is 0.496 e. The summed E-state index contributed by atoms with van der Waals surface area (Å²) in [6.45, 7) is 5.33. The van der Waals surface area contributed by atoms with E-state index in [0.29, 0.717) is 6.04 Å². The quantitative estimate of drug-likeness (QED) is 0.820. The zero-order valence-corrected chi connectivity index (χ0v) is 14.3. The van der Waals surface area contributed by atoms with Gasteiger partial charge >= 0.3 is 0 Å². The SMILES string of the molecule is CCCNC(C)c1csc(-c2ccc(OC)c(Br)c2)n1. The van der Waals surface area contributed by atoms with E-state index in [-0.39, 0.29) is 0 Å². The molecule has 0 bridgehead atoms. The maximum Gasteiger partial charge on any atom is 0.133 e. The molecule has 0 aliphatic rings. The lowest BCUT2D eigenvalue weighted by Crippen LogP contribution is -2.19. The van der Waals surface area contributed by atoms with Crippen LogP contribution in [0.15, 0.2) is 28.1 Å². The highest BCUT2D eigenvalue weighted by Gasteiger charge is 2.11. The Labute approximate surface area is 132 Å². The average Bonchev–Trinajstić information content (AvgIpc) is 2.94. The molecule has 2 rings (SSSR count). The predicted molar refractivity (Wildman–Crippen MR) is 88.5 cm³/mol. The highest BCUT2D eigenvalue weighted by molar-refractivity contribution is 9.10. The smallest absolute Gasteiger partial charge is 0.133 e. The van der Waals surface area contributed by atoms with Gasteiger partial charge in [-0.25, -0.2) is 4.98 Å². The van der Waals surface area contributed by atoms with Gasteiger partial charge in [-0.15, -0.1) is 11.3 Å². The van der Waals surface area contributed by atoms with E-state index < -0.39 is 0 Å². The van der Waals surface area contributed by atoms with Gasteiger partial charge in [0.15, 0.2) is 0 Å². The fraction of sp³-hybridized carbons (Fsp3) is 0.400. The van der Waals surface area contributed by atoms with Gasteiger partial charge in [-0.1, -0.05) is 6.92 Å². The summed E-state index contributed by atoms with van der Waals surface area (Å²) < 4.78 is 6.20. The third-order valence-corrected chi connectivity index (χ3v) is 4.59. The molecular formula is C15H19BrN2OS. The molecule has 0 saturated heterocycles. The third kappa shape index (κ3) is 3.59. The summed E-state index contributed by atoms with van der Waals surface area (Å²) in [5.74, 6) is 0.837. The highest BCUT2D eigenvalue weighted by Crippen LogP contribution is 2.32. The van der Waals surface area contributed by atoms with E-state index in [1.54, 1.807) is 18.4 Å². The Morgan fingerprint density at radius 1 is 1.45 bits per heavy atom. The summed E-state index contributed by atoms with van der Waals surface area (Å²) in [4.78, 5) is 4.72. The Bertz CT molecular complexity index is 571. The molecule has 0 saturated carbocycles. The van der Waals surface area contributed by atoms with E-state index in [1.165, 1.54) is 0 Å². The van der Waals surface area contributed by atoms with Crippen LogP contribution in [0.1, 0.15) is 32.0 Å². The second-order valence-electron chi connectivity index (χ2n) is 4.60. The first-order valence-electron chi connectivity index (χ1n) is 6.68. The lowest BCUT2D eigenvalue weighted by Gasteiger charge is -2.09. The number of ether oxygens (including phenoxy) is 1. The summed E-state index contributed by atoms with van der Waals surface area (Å²) in [6.07, 6.45) is 1.13. The standard InChI is InChI=1S/C15H19BrN2OS/c1-4-7-17-10(2)13-9-20-15(18-13)11-5-6-14(19-3)12(16)8-11/h5-6,8-10,17H,4,7H2,1-3H3. The molecule has 1 heterocycles. The van der Waals surface area contributed by atoms with Crippen molar-refractivity contribution >= 4 is 27.3 Å². The normalized spacial score (nSPS) is 12.4. The summed E-state index contributed by atoms with van der Waals surface area (Å²) >= 11 is 5.19. The number of hydrogen-bond acceptors (Lipinski definition) is 4. The first-order valence-corrected chi connectivity index (χ1v) is 8.35. The Morgan fingerprint density at radius 3 is 2.90 bits per heavy atom. The number of nitrogens with one attached hydrogen (secondary N) is 1. The van der Waals surface area contributed by atoms with Crippen LogP contribution in [-0.4, -0.2) is 18.6 Å². The van der Waals surface area contributed by atoms with Crippen LogP contribution in [0.3, 0.4) is 0 Å². The zero-order valence-electron chi connectivity index (χ0n) is 11.9. The van der Waals surface area contributed by atoms with Gasteiger partial charge < -0.3 is 10.1 Å². The van der Waals surface area contributed by atoms with Gasteiger partial charge in [0.1, 0.15) is 10.8 Å². The molecule has 1 N–H and O–H groups in total. The molecule has 0 radical (unpaired) electrons. The van der Waals surface area contributed by atoms with Crippen molar-refractivity contribution in [3.8, 4) is 16.3 Å². The number of methoxy groups -OCH3 is 1. The van der Waals surface area contributed by atoms with Crippen LogP contribution < -0.4 is 10.1 Å². The Morgan fingerprint density at radius 2 is 2.25 bits per heavy atom. The number of thiazole rings is 1. The molecule has 3 nitrogen and oxygen atoms in total.